The SMILES string of the molecule is CCCCCCn1c(=N)c(S(=O)(=O)c2ccc(C)cc2)cc2c(=O)n3cc(C)ccc3nc21. The summed E-state index contributed by atoms with van der Waals surface area (Å²) in [6.45, 7) is 6.29. The Balaban J connectivity index is 2.03. The molecule has 0 bridgehead atoms. The highest BCUT2D eigenvalue weighted by Gasteiger charge is 2.24. The van der Waals surface area contributed by atoms with Crippen LogP contribution in [0.5, 0.6) is 0 Å². The van der Waals surface area contributed by atoms with Crippen LogP contribution in [-0.2, 0) is 16.4 Å². The van der Waals surface area contributed by atoms with Crippen molar-refractivity contribution in [2.75, 3.05) is 0 Å². The number of sulfone groups is 1. The van der Waals surface area contributed by atoms with Gasteiger partial charge in [0, 0.05) is 12.7 Å². The number of aryl methyl sites for hydroxylation is 3. The minimum atomic E-state index is -4.00. The number of rotatable bonds is 7. The van der Waals surface area contributed by atoms with Gasteiger partial charge in [0.25, 0.3) is 5.56 Å². The lowest BCUT2D eigenvalue weighted by Crippen LogP contribution is -2.30. The Kier molecular flexibility index (Phi) is 6.21. The van der Waals surface area contributed by atoms with Crippen molar-refractivity contribution in [2.24, 2.45) is 0 Å². The van der Waals surface area contributed by atoms with Gasteiger partial charge in [-0.3, -0.25) is 14.6 Å². The molecule has 0 spiro atoms. The fraction of sp³-hybridized carbons (Fsp3) is 0.320. The van der Waals surface area contributed by atoms with Gasteiger partial charge in [-0.1, -0.05) is 49.9 Å². The molecular formula is C25H28N4O3S. The van der Waals surface area contributed by atoms with Gasteiger partial charge in [0.05, 0.1) is 10.3 Å². The van der Waals surface area contributed by atoms with Gasteiger partial charge in [0.15, 0.2) is 0 Å². The third-order valence-electron chi connectivity index (χ3n) is 5.88. The number of benzene rings is 1. The Hall–Kier alpha value is -3.26. The lowest BCUT2D eigenvalue weighted by atomic mass is 10.2. The minimum Gasteiger partial charge on any atom is -0.310 e. The minimum absolute atomic E-state index is 0.100. The van der Waals surface area contributed by atoms with Crippen LogP contribution in [0.3, 0.4) is 0 Å². The molecule has 0 amide bonds. The van der Waals surface area contributed by atoms with E-state index in [1.165, 1.54) is 22.6 Å². The first-order valence-electron chi connectivity index (χ1n) is 11.2. The van der Waals surface area contributed by atoms with Crippen LogP contribution in [0.15, 0.2) is 63.2 Å². The molecule has 3 aromatic heterocycles. The number of hydrogen-bond donors (Lipinski definition) is 1. The average molecular weight is 465 g/mol. The van der Waals surface area contributed by atoms with Crippen molar-refractivity contribution < 1.29 is 8.42 Å². The molecule has 0 atom stereocenters. The van der Waals surface area contributed by atoms with Gasteiger partial charge in [-0.2, -0.15) is 0 Å². The second-order valence-electron chi connectivity index (χ2n) is 8.47. The zero-order valence-electron chi connectivity index (χ0n) is 19.1. The van der Waals surface area contributed by atoms with Crippen molar-refractivity contribution >= 4 is 26.5 Å². The van der Waals surface area contributed by atoms with E-state index in [1.54, 1.807) is 29.0 Å². The number of pyridine rings is 2. The van der Waals surface area contributed by atoms with Crippen LogP contribution in [0.4, 0.5) is 0 Å². The van der Waals surface area contributed by atoms with Crippen molar-refractivity contribution in [2.45, 2.75) is 62.8 Å². The number of unbranched alkanes of at least 4 members (excludes halogenated alkanes) is 3. The van der Waals surface area contributed by atoms with Gasteiger partial charge in [0.2, 0.25) is 9.84 Å². The van der Waals surface area contributed by atoms with Gasteiger partial charge in [-0.15, -0.1) is 0 Å². The van der Waals surface area contributed by atoms with E-state index < -0.39 is 9.84 Å². The highest BCUT2D eigenvalue weighted by atomic mass is 32.2. The summed E-state index contributed by atoms with van der Waals surface area (Å²) in [5.74, 6) is 0. The maximum absolute atomic E-state index is 13.5. The number of aromatic nitrogens is 3. The van der Waals surface area contributed by atoms with Gasteiger partial charge in [-0.05, 0) is 50.1 Å². The third-order valence-corrected chi connectivity index (χ3v) is 7.66. The standard InChI is InChI=1S/C25H28N4O3S/c1-4-5-6-7-14-28-23(26)21(33(31,32)19-11-8-17(2)9-12-19)15-20-24(28)27-22-13-10-18(3)16-29(22)25(20)30/h8-13,15-16,26H,4-7,14H2,1-3H3. The molecule has 172 valence electrons. The van der Waals surface area contributed by atoms with Gasteiger partial charge in [0.1, 0.15) is 21.7 Å². The Labute approximate surface area is 192 Å². The molecule has 0 unspecified atom stereocenters. The maximum Gasteiger partial charge on any atom is 0.267 e. The van der Waals surface area contributed by atoms with Crippen molar-refractivity contribution in [1.82, 2.24) is 14.0 Å². The molecule has 7 nitrogen and oxygen atoms in total. The van der Waals surface area contributed by atoms with Crippen LogP contribution >= 0.6 is 0 Å². The number of hydrogen-bond acceptors (Lipinski definition) is 5. The predicted molar refractivity (Wildman–Crippen MR) is 128 cm³/mol. The summed E-state index contributed by atoms with van der Waals surface area (Å²) >= 11 is 0. The summed E-state index contributed by atoms with van der Waals surface area (Å²) in [5.41, 5.74) is 2.14. The Bertz CT molecular complexity index is 1570. The molecule has 0 aliphatic carbocycles. The molecule has 8 heteroatoms. The van der Waals surface area contributed by atoms with E-state index in [0.29, 0.717) is 17.8 Å². The largest absolute Gasteiger partial charge is 0.310 e. The molecule has 0 fully saturated rings. The molecule has 1 N–H and O–H groups in total. The molecule has 4 aromatic rings. The molecule has 0 saturated heterocycles. The van der Waals surface area contributed by atoms with Crippen LogP contribution in [-0.4, -0.2) is 22.4 Å². The van der Waals surface area contributed by atoms with Crippen LogP contribution in [0.25, 0.3) is 16.7 Å². The van der Waals surface area contributed by atoms with Crippen LogP contribution < -0.4 is 11.0 Å². The Morgan fingerprint density at radius 3 is 2.36 bits per heavy atom. The quantitative estimate of drug-likeness (QED) is 0.328. The first kappa shape index (κ1) is 22.9. The van der Waals surface area contributed by atoms with Crippen LogP contribution in [0.1, 0.15) is 43.7 Å². The van der Waals surface area contributed by atoms with Crippen LogP contribution in [0, 0.1) is 19.3 Å². The predicted octanol–water partition coefficient (Wildman–Crippen LogP) is 4.16. The molecule has 3 heterocycles. The second kappa shape index (κ2) is 8.94. The summed E-state index contributed by atoms with van der Waals surface area (Å²) in [4.78, 5) is 18.0. The summed E-state index contributed by atoms with van der Waals surface area (Å²) in [6.07, 6.45) is 5.52. The Morgan fingerprint density at radius 1 is 0.970 bits per heavy atom. The first-order chi connectivity index (χ1) is 15.7. The van der Waals surface area contributed by atoms with Crippen LogP contribution in [0.2, 0.25) is 0 Å². The lowest BCUT2D eigenvalue weighted by molar-refractivity contribution is 0.559. The summed E-state index contributed by atoms with van der Waals surface area (Å²) in [5, 5.41) is 8.99. The normalized spacial score (nSPS) is 12.0. The van der Waals surface area contributed by atoms with E-state index in [2.05, 4.69) is 11.9 Å². The van der Waals surface area contributed by atoms with Gasteiger partial charge >= 0.3 is 0 Å². The van der Waals surface area contributed by atoms with E-state index in [-0.39, 0.29) is 26.2 Å². The first-order valence-corrected chi connectivity index (χ1v) is 12.7. The highest BCUT2D eigenvalue weighted by molar-refractivity contribution is 7.91. The number of fused-ring (bicyclic) bond motifs is 2. The summed E-state index contributed by atoms with van der Waals surface area (Å²) < 4.78 is 30.0. The zero-order chi connectivity index (χ0) is 23.8. The molecular weight excluding hydrogens is 436 g/mol. The van der Waals surface area contributed by atoms with Crippen molar-refractivity contribution in [1.29, 1.82) is 5.41 Å². The van der Waals surface area contributed by atoms with Gasteiger partial charge in [-0.25, -0.2) is 13.4 Å². The molecule has 33 heavy (non-hydrogen) atoms. The monoisotopic (exact) mass is 464 g/mol. The van der Waals surface area contributed by atoms with Crippen molar-refractivity contribution in [3.05, 3.63) is 75.6 Å². The molecule has 4 rings (SSSR count). The Morgan fingerprint density at radius 2 is 1.67 bits per heavy atom. The fourth-order valence-corrected chi connectivity index (χ4v) is 5.37. The molecule has 1 aromatic carbocycles. The topological polar surface area (TPSA) is 97.3 Å². The highest BCUT2D eigenvalue weighted by Crippen LogP contribution is 2.21. The smallest absolute Gasteiger partial charge is 0.267 e. The number of nitrogens with one attached hydrogen (secondary N) is 1. The lowest BCUT2D eigenvalue weighted by Gasteiger charge is -2.15. The van der Waals surface area contributed by atoms with E-state index in [4.69, 9.17) is 5.41 Å². The van der Waals surface area contributed by atoms with Crippen molar-refractivity contribution in [3.8, 4) is 0 Å². The maximum atomic E-state index is 13.5. The third kappa shape index (κ3) is 4.23. The summed E-state index contributed by atoms with van der Waals surface area (Å²) in [6, 6.07) is 11.5. The van der Waals surface area contributed by atoms with E-state index >= 15 is 0 Å². The zero-order valence-corrected chi connectivity index (χ0v) is 19.9. The molecule has 0 saturated carbocycles. The fourth-order valence-electron chi connectivity index (χ4n) is 3.98. The average Bonchev–Trinajstić information content (AvgIpc) is 2.78. The molecule has 0 aliphatic rings. The molecule has 0 radical (unpaired) electrons. The number of nitrogens with zero attached hydrogens (tertiary/aromatic N) is 3. The van der Waals surface area contributed by atoms with E-state index in [1.807, 2.05) is 19.9 Å². The van der Waals surface area contributed by atoms with E-state index in [9.17, 15) is 13.2 Å². The second-order valence-corrected chi connectivity index (χ2v) is 10.4. The van der Waals surface area contributed by atoms with Gasteiger partial charge < -0.3 is 4.57 Å². The van der Waals surface area contributed by atoms with E-state index in [0.717, 1.165) is 36.8 Å². The summed E-state index contributed by atoms with van der Waals surface area (Å²) in [7, 11) is -4.00. The molecule has 0 aliphatic heterocycles. The van der Waals surface area contributed by atoms with Crippen molar-refractivity contribution in [3.63, 3.8) is 0 Å².